The molecule has 0 aliphatic carbocycles. The molecule has 2 aromatic rings. The Balaban J connectivity index is 1.94. The highest BCUT2D eigenvalue weighted by molar-refractivity contribution is 5.94. The molecule has 1 amide bonds. The molecule has 2 rings (SSSR count). The molecule has 0 heterocycles. The Morgan fingerprint density at radius 1 is 1.05 bits per heavy atom. The summed E-state index contributed by atoms with van der Waals surface area (Å²) in [6.45, 7) is 3.75. The molecule has 22 heavy (non-hydrogen) atoms. The third kappa shape index (κ3) is 4.25. The molecule has 4 nitrogen and oxygen atoms in total. The molecule has 0 spiro atoms. The summed E-state index contributed by atoms with van der Waals surface area (Å²) >= 11 is 0. The van der Waals surface area contributed by atoms with Crippen molar-refractivity contribution in [3.8, 4) is 5.75 Å². The number of benzene rings is 2. The van der Waals surface area contributed by atoms with Gasteiger partial charge < -0.3 is 15.0 Å². The van der Waals surface area contributed by atoms with E-state index in [1.54, 1.807) is 6.92 Å². The van der Waals surface area contributed by atoms with Gasteiger partial charge in [0.25, 0.3) is 5.91 Å². The monoisotopic (exact) mass is 298 g/mol. The number of nitrogens with one attached hydrogen (secondary N) is 1. The van der Waals surface area contributed by atoms with E-state index < -0.39 is 6.10 Å². The van der Waals surface area contributed by atoms with Crippen molar-refractivity contribution >= 4 is 17.3 Å². The fourth-order valence-corrected chi connectivity index (χ4v) is 1.96. The Bertz CT molecular complexity index is 619. The van der Waals surface area contributed by atoms with Crippen molar-refractivity contribution in [1.82, 2.24) is 0 Å². The van der Waals surface area contributed by atoms with Crippen molar-refractivity contribution in [2.24, 2.45) is 0 Å². The minimum Gasteiger partial charge on any atom is -0.481 e. The molecule has 0 bridgehead atoms. The molecule has 0 aromatic heterocycles. The third-order valence-electron chi connectivity index (χ3n) is 3.35. The van der Waals surface area contributed by atoms with Gasteiger partial charge in [0.2, 0.25) is 0 Å². The van der Waals surface area contributed by atoms with Crippen molar-refractivity contribution < 1.29 is 9.53 Å². The van der Waals surface area contributed by atoms with Crippen LogP contribution in [0.4, 0.5) is 11.4 Å². The molecule has 0 fully saturated rings. The number of ether oxygens (including phenoxy) is 1. The Morgan fingerprint density at radius 3 is 2.18 bits per heavy atom. The molecule has 0 aliphatic rings. The summed E-state index contributed by atoms with van der Waals surface area (Å²) in [6, 6.07) is 15.3. The highest BCUT2D eigenvalue weighted by atomic mass is 16.5. The standard InChI is InChI=1S/C18H22N2O2/c1-13-5-11-17(12-6-13)22-14(2)18(21)19-15-7-9-16(10-8-15)20(3)4/h5-12,14H,1-4H3,(H,19,21). The average Bonchev–Trinajstić information content (AvgIpc) is 2.50. The number of hydrogen-bond donors (Lipinski definition) is 1. The predicted octanol–water partition coefficient (Wildman–Crippen LogP) is 3.47. The molecular formula is C18H22N2O2. The summed E-state index contributed by atoms with van der Waals surface area (Å²) < 4.78 is 5.65. The van der Waals surface area contributed by atoms with Crippen LogP contribution in [-0.4, -0.2) is 26.1 Å². The average molecular weight is 298 g/mol. The van der Waals surface area contributed by atoms with Gasteiger partial charge in [-0.3, -0.25) is 4.79 Å². The Labute approximate surface area is 131 Å². The number of hydrogen-bond acceptors (Lipinski definition) is 3. The van der Waals surface area contributed by atoms with Gasteiger partial charge in [0, 0.05) is 25.5 Å². The smallest absolute Gasteiger partial charge is 0.265 e. The number of aryl methyl sites for hydroxylation is 1. The van der Waals surface area contributed by atoms with Gasteiger partial charge in [0.15, 0.2) is 6.10 Å². The minimum absolute atomic E-state index is 0.168. The lowest BCUT2D eigenvalue weighted by Gasteiger charge is -2.16. The molecule has 2 aromatic carbocycles. The molecule has 0 saturated heterocycles. The van der Waals surface area contributed by atoms with E-state index in [0.29, 0.717) is 5.75 Å². The number of carbonyl (C=O) groups excluding carboxylic acids is 1. The minimum atomic E-state index is -0.559. The summed E-state index contributed by atoms with van der Waals surface area (Å²) in [5, 5.41) is 2.86. The van der Waals surface area contributed by atoms with Gasteiger partial charge in [0.1, 0.15) is 5.75 Å². The summed E-state index contributed by atoms with van der Waals surface area (Å²) in [5.74, 6) is 0.523. The van der Waals surface area contributed by atoms with Gasteiger partial charge in [-0.05, 0) is 50.2 Å². The van der Waals surface area contributed by atoms with Crippen LogP contribution in [0.25, 0.3) is 0 Å². The fraction of sp³-hybridized carbons (Fsp3) is 0.278. The van der Waals surface area contributed by atoms with Crippen LogP contribution in [0, 0.1) is 6.92 Å². The molecular weight excluding hydrogens is 276 g/mol. The Hall–Kier alpha value is -2.49. The van der Waals surface area contributed by atoms with Gasteiger partial charge in [-0.1, -0.05) is 17.7 Å². The maximum Gasteiger partial charge on any atom is 0.265 e. The van der Waals surface area contributed by atoms with E-state index in [2.05, 4.69) is 5.32 Å². The maximum absolute atomic E-state index is 12.2. The number of nitrogens with zero attached hydrogens (tertiary/aromatic N) is 1. The molecule has 1 N–H and O–H groups in total. The zero-order chi connectivity index (χ0) is 16.1. The Kier molecular flexibility index (Phi) is 5.04. The molecule has 0 aliphatic heterocycles. The van der Waals surface area contributed by atoms with Crippen LogP contribution in [0.5, 0.6) is 5.75 Å². The van der Waals surface area contributed by atoms with E-state index in [4.69, 9.17) is 4.74 Å². The maximum atomic E-state index is 12.2. The normalized spacial score (nSPS) is 11.6. The van der Waals surface area contributed by atoms with Crippen molar-refractivity contribution in [2.75, 3.05) is 24.3 Å². The summed E-state index contributed by atoms with van der Waals surface area (Å²) in [4.78, 5) is 14.2. The van der Waals surface area contributed by atoms with Crippen LogP contribution in [0.1, 0.15) is 12.5 Å². The van der Waals surface area contributed by atoms with E-state index in [1.807, 2.05) is 74.4 Å². The first kappa shape index (κ1) is 15.9. The summed E-state index contributed by atoms with van der Waals surface area (Å²) in [7, 11) is 3.95. The lowest BCUT2D eigenvalue weighted by Crippen LogP contribution is -2.30. The first-order chi connectivity index (χ1) is 10.5. The van der Waals surface area contributed by atoms with Crippen LogP contribution in [0.15, 0.2) is 48.5 Å². The highest BCUT2D eigenvalue weighted by Crippen LogP contribution is 2.17. The van der Waals surface area contributed by atoms with E-state index in [-0.39, 0.29) is 5.91 Å². The zero-order valence-corrected chi connectivity index (χ0v) is 13.5. The zero-order valence-electron chi connectivity index (χ0n) is 13.5. The molecule has 0 radical (unpaired) electrons. The fourth-order valence-electron chi connectivity index (χ4n) is 1.96. The predicted molar refractivity (Wildman–Crippen MR) is 90.7 cm³/mol. The van der Waals surface area contributed by atoms with Gasteiger partial charge in [0.05, 0.1) is 0 Å². The molecule has 1 unspecified atom stereocenters. The number of rotatable bonds is 5. The largest absolute Gasteiger partial charge is 0.481 e. The molecule has 0 saturated carbocycles. The number of anilines is 2. The summed E-state index contributed by atoms with van der Waals surface area (Å²) in [5.41, 5.74) is 3.00. The second kappa shape index (κ2) is 6.98. The molecule has 116 valence electrons. The third-order valence-corrected chi connectivity index (χ3v) is 3.35. The second-order valence-electron chi connectivity index (χ2n) is 5.50. The van der Waals surface area contributed by atoms with E-state index in [1.165, 1.54) is 0 Å². The Morgan fingerprint density at radius 2 is 1.64 bits per heavy atom. The SMILES string of the molecule is Cc1ccc(OC(C)C(=O)Nc2ccc(N(C)C)cc2)cc1. The van der Waals surface area contributed by atoms with Crippen molar-refractivity contribution in [2.45, 2.75) is 20.0 Å². The van der Waals surface area contributed by atoms with Crippen molar-refractivity contribution in [1.29, 1.82) is 0 Å². The summed E-state index contributed by atoms with van der Waals surface area (Å²) in [6.07, 6.45) is -0.559. The van der Waals surface area contributed by atoms with Crippen LogP contribution in [0.3, 0.4) is 0 Å². The number of amides is 1. The quantitative estimate of drug-likeness (QED) is 0.919. The second-order valence-corrected chi connectivity index (χ2v) is 5.50. The van der Waals surface area contributed by atoms with Gasteiger partial charge in [-0.25, -0.2) is 0 Å². The van der Waals surface area contributed by atoms with Crippen LogP contribution in [-0.2, 0) is 4.79 Å². The molecule has 1 atom stereocenters. The van der Waals surface area contributed by atoms with Crippen LogP contribution in [0.2, 0.25) is 0 Å². The van der Waals surface area contributed by atoms with E-state index in [9.17, 15) is 4.79 Å². The van der Waals surface area contributed by atoms with E-state index in [0.717, 1.165) is 16.9 Å². The van der Waals surface area contributed by atoms with Crippen molar-refractivity contribution in [3.05, 3.63) is 54.1 Å². The number of carbonyl (C=O) groups is 1. The van der Waals surface area contributed by atoms with Gasteiger partial charge in [-0.2, -0.15) is 0 Å². The first-order valence-electron chi connectivity index (χ1n) is 7.27. The van der Waals surface area contributed by atoms with Gasteiger partial charge in [-0.15, -0.1) is 0 Å². The topological polar surface area (TPSA) is 41.6 Å². The van der Waals surface area contributed by atoms with Gasteiger partial charge >= 0.3 is 0 Å². The lowest BCUT2D eigenvalue weighted by atomic mass is 10.2. The van der Waals surface area contributed by atoms with Crippen LogP contribution >= 0.6 is 0 Å². The van der Waals surface area contributed by atoms with E-state index >= 15 is 0 Å². The van der Waals surface area contributed by atoms with Crippen molar-refractivity contribution in [3.63, 3.8) is 0 Å². The van der Waals surface area contributed by atoms with Crippen LogP contribution < -0.4 is 15.0 Å². The molecule has 4 heteroatoms. The first-order valence-corrected chi connectivity index (χ1v) is 7.27. The lowest BCUT2D eigenvalue weighted by molar-refractivity contribution is -0.122. The highest BCUT2D eigenvalue weighted by Gasteiger charge is 2.14.